The Bertz CT molecular complexity index is 191. The summed E-state index contributed by atoms with van der Waals surface area (Å²) < 4.78 is 25.2. The lowest BCUT2D eigenvalue weighted by molar-refractivity contribution is -0.124. The number of alkyl halides is 2. The van der Waals surface area contributed by atoms with E-state index in [2.05, 4.69) is 5.32 Å². The van der Waals surface area contributed by atoms with Gasteiger partial charge in [0.1, 0.15) is 0 Å². The third-order valence-corrected chi connectivity index (χ3v) is 2.02. The van der Waals surface area contributed by atoms with Gasteiger partial charge >= 0.3 is 0 Å². The van der Waals surface area contributed by atoms with E-state index in [1.54, 1.807) is 13.8 Å². The predicted octanol–water partition coefficient (Wildman–Crippen LogP) is 1.21. The van der Waals surface area contributed by atoms with E-state index in [4.69, 9.17) is 0 Å². The maximum atomic E-state index is 12.6. The second-order valence-corrected chi connectivity index (χ2v) is 3.55. The van der Waals surface area contributed by atoms with Crippen molar-refractivity contribution in [2.45, 2.75) is 32.2 Å². The highest BCUT2D eigenvalue weighted by Gasteiger charge is 2.42. The van der Waals surface area contributed by atoms with Crippen LogP contribution in [0.15, 0.2) is 0 Å². The molecule has 0 aromatic carbocycles. The van der Waals surface area contributed by atoms with Crippen molar-refractivity contribution in [1.82, 2.24) is 5.32 Å². The third-order valence-electron chi connectivity index (χ3n) is 2.02. The van der Waals surface area contributed by atoms with E-state index in [1.807, 2.05) is 0 Å². The smallest absolute Gasteiger partial charge is 0.262 e. The molecule has 1 aliphatic rings. The Balaban J connectivity index is 2.53. The van der Waals surface area contributed by atoms with Gasteiger partial charge in [-0.3, -0.25) is 4.79 Å². The average Bonchev–Trinajstić information content (AvgIpc) is 2.28. The Morgan fingerprint density at radius 3 is 2.50 bits per heavy atom. The third kappa shape index (κ3) is 2.00. The van der Waals surface area contributed by atoms with Crippen LogP contribution in [0, 0.1) is 5.92 Å². The minimum atomic E-state index is -2.70. The van der Waals surface area contributed by atoms with E-state index in [-0.39, 0.29) is 24.7 Å². The molecule has 1 heterocycles. The van der Waals surface area contributed by atoms with E-state index < -0.39 is 12.0 Å². The lowest BCUT2D eigenvalue weighted by Gasteiger charge is -2.11. The molecular weight excluding hydrogens is 164 g/mol. The Hall–Kier alpha value is -0.510. The lowest BCUT2D eigenvalue weighted by Crippen LogP contribution is -2.33. The first-order valence-electron chi connectivity index (χ1n) is 4.07. The van der Waals surface area contributed by atoms with Crippen LogP contribution in [0.4, 0.5) is 8.78 Å². The highest BCUT2D eigenvalue weighted by Crippen LogP contribution is 2.26. The van der Waals surface area contributed by atoms with Crippen molar-refractivity contribution < 1.29 is 13.6 Å². The van der Waals surface area contributed by atoms with Gasteiger partial charge in [-0.05, 0) is 0 Å². The number of Topliss-reactive ketones (excluding diaryl/α,β-unsaturated/α-hetero) is 1. The molecule has 1 atom stereocenters. The first-order valence-corrected chi connectivity index (χ1v) is 4.07. The fourth-order valence-electron chi connectivity index (χ4n) is 1.32. The number of hydrogen-bond acceptors (Lipinski definition) is 2. The molecule has 0 saturated carbocycles. The van der Waals surface area contributed by atoms with Crippen molar-refractivity contribution in [3.63, 3.8) is 0 Å². The van der Waals surface area contributed by atoms with Gasteiger partial charge in [0.15, 0.2) is 5.78 Å². The molecule has 1 saturated heterocycles. The van der Waals surface area contributed by atoms with E-state index in [0.29, 0.717) is 0 Å². The summed E-state index contributed by atoms with van der Waals surface area (Å²) in [4.78, 5) is 11.2. The van der Waals surface area contributed by atoms with Crippen molar-refractivity contribution in [3.8, 4) is 0 Å². The number of nitrogens with one attached hydrogen (secondary N) is 1. The number of ketones is 1. The molecule has 0 radical (unpaired) electrons. The van der Waals surface area contributed by atoms with Gasteiger partial charge in [0.05, 0.1) is 12.6 Å². The zero-order chi connectivity index (χ0) is 9.35. The molecule has 12 heavy (non-hydrogen) atoms. The Morgan fingerprint density at radius 1 is 1.58 bits per heavy atom. The largest absolute Gasteiger partial charge is 0.302 e. The van der Waals surface area contributed by atoms with Gasteiger partial charge in [0.25, 0.3) is 5.92 Å². The fraction of sp³-hybridized carbons (Fsp3) is 0.875. The maximum Gasteiger partial charge on any atom is 0.262 e. The van der Waals surface area contributed by atoms with Gasteiger partial charge in [0.2, 0.25) is 0 Å². The maximum absolute atomic E-state index is 12.6. The predicted molar refractivity (Wildman–Crippen MR) is 41.2 cm³/mol. The molecule has 0 bridgehead atoms. The van der Waals surface area contributed by atoms with Crippen molar-refractivity contribution in [2.75, 3.05) is 6.54 Å². The van der Waals surface area contributed by atoms with Gasteiger partial charge in [0, 0.05) is 12.3 Å². The summed E-state index contributed by atoms with van der Waals surface area (Å²) >= 11 is 0. The molecule has 4 heteroatoms. The SMILES string of the molecule is CC(C)C(=O)[C@@H]1CC(F)(F)CN1. The molecule has 0 aromatic rings. The molecule has 70 valence electrons. The zero-order valence-corrected chi connectivity index (χ0v) is 7.23. The summed E-state index contributed by atoms with van der Waals surface area (Å²) in [6.45, 7) is 3.08. The molecule has 1 fully saturated rings. The standard InChI is InChI=1S/C8H13F2NO/c1-5(2)7(12)6-3-8(9,10)4-11-6/h5-6,11H,3-4H2,1-2H3/t6-/m0/s1. The van der Waals surface area contributed by atoms with E-state index >= 15 is 0 Å². The Kier molecular flexibility index (Phi) is 2.46. The van der Waals surface area contributed by atoms with Crippen LogP contribution in [0.1, 0.15) is 20.3 Å². The van der Waals surface area contributed by atoms with Crippen LogP contribution in [0.5, 0.6) is 0 Å². The van der Waals surface area contributed by atoms with Crippen LogP contribution in [0.2, 0.25) is 0 Å². The second-order valence-electron chi connectivity index (χ2n) is 3.55. The Labute approximate surface area is 70.3 Å². The van der Waals surface area contributed by atoms with Crippen LogP contribution >= 0.6 is 0 Å². The van der Waals surface area contributed by atoms with Crippen molar-refractivity contribution >= 4 is 5.78 Å². The number of carbonyl (C=O) groups is 1. The molecule has 0 spiro atoms. The van der Waals surface area contributed by atoms with Crippen LogP contribution < -0.4 is 5.32 Å². The number of rotatable bonds is 2. The van der Waals surface area contributed by atoms with Gasteiger partial charge in [-0.2, -0.15) is 0 Å². The number of hydrogen-bond donors (Lipinski definition) is 1. The Morgan fingerprint density at radius 2 is 2.17 bits per heavy atom. The van der Waals surface area contributed by atoms with Crippen LogP contribution in [0.25, 0.3) is 0 Å². The minimum absolute atomic E-state index is 0.118. The highest BCUT2D eigenvalue weighted by atomic mass is 19.3. The molecule has 0 aromatic heterocycles. The fourth-order valence-corrected chi connectivity index (χ4v) is 1.32. The molecule has 1 rings (SSSR count). The molecule has 0 unspecified atom stereocenters. The van der Waals surface area contributed by atoms with Gasteiger partial charge < -0.3 is 5.32 Å². The first-order chi connectivity index (χ1) is 5.42. The molecular formula is C8H13F2NO. The molecule has 0 amide bonds. The van der Waals surface area contributed by atoms with Crippen LogP contribution in [-0.4, -0.2) is 24.3 Å². The molecule has 2 nitrogen and oxygen atoms in total. The van der Waals surface area contributed by atoms with Gasteiger partial charge in [-0.25, -0.2) is 8.78 Å². The van der Waals surface area contributed by atoms with Crippen LogP contribution in [-0.2, 0) is 4.79 Å². The second kappa shape index (κ2) is 3.09. The van der Waals surface area contributed by atoms with E-state index in [9.17, 15) is 13.6 Å². The van der Waals surface area contributed by atoms with Crippen molar-refractivity contribution in [3.05, 3.63) is 0 Å². The molecule has 0 aliphatic carbocycles. The normalized spacial score (nSPS) is 27.9. The summed E-state index contributed by atoms with van der Waals surface area (Å²) in [5, 5.41) is 2.53. The number of carbonyl (C=O) groups excluding carboxylic acids is 1. The van der Waals surface area contributed by atoms with Gasteiger partial charge in [-0.15, -0.1) is 0 Å². The highest BCUT2D eigenvalue weighted by molar-refractivity contribution is 5.86. The quantitative estimate of drug-likeness (QED) is 0.686. The summed E-state index contributed by atoms with van der Waals surface area (Å²) in [5.74, 6) is -2.99. The summed E-state index contributed by atoms with van der Waals surface area (Å²) in [6, 6.07) is -0.639. The summed E-state index contributed by atoms with van der Waals surface area (Å²) in [7, 11) is 0. The van der Waals surface area contributed by atoms with Gasteiger partial charge in [-0.1, -0.05) is 13.8 Å². The minimum Gasteiger partial charge on any atom is -0.302 e. The average molecular weight is 177 g/mol. The first kappa shape index (κ1) is 9.58. The summed E-state index contributed by atoms with van der Waals surface area (Å²) in [6.07, 6.45) is -0.343. The van der Waals surface area contributed by atoms with E-state index in [0.717, 1.165) is 0 Å². The topological polar surface area (TPSA) is 29.1 Å². The molecule has 1 aliphatic heterocycles. The lowest BCUT2D eigenvalue weighted by atomic mass is 10.00. The monoisotopic (exact) mass is 177 g/mol. The number of halogens is 2. The summed E-state index contributed by atoms with van der Waals surface area (Å²) in [5.41, 5.74) is 0. The zero-order valence-electron chi connectivity index (χ0n) is 7.23. The van der Waals surface area contributed by atoms with Crippen molar-refractivity contribution in [2.24, 2.45) is 5.92 Å². The van der Waals surface area contributed by atoms with Crippen LogP contribution in [0.3, 0.4) is 0 Å². The van der Waals surface area contributed by atoms with E-state index in [1.165, 1.54) is 0 Å². The van der Waals surface area contributed by atoms with Crippen molar-refractivity contribution in [1.29, 1.82) is 0 Å². The molecule has 1 N–H and O–H groups in total.